The van der Waals surface area contributed by atoms with Gasteiger partial charge in [0.15, 0.2) is 0 Å². The zero-order valence-electron chi connectivity index (χ0n) is 17.5. The Balaban J connectivity index is 2.95. The van der Waals surface area contributed by atoms with Crippen molar-refractivity contribution in [2.24, 2.45) is 0 Å². The van der Waals surface area contributed by atoms with Crippen molar-refractivity contribution >= 4 is 0 Å². The Bertz CT molecular complexity index is 266. The van der Waals surface area contributed by atoms with Crippen molar-refractivity contribution in [3.05, 3.63) is 11.4 Å². The van der Waals surface area contributed by atoms with Crippen molar-refractivity contribution in [1.82, 2.24) is 0 Å². The summed E-state index contributed by atoms with van der Waals surface area (Å²) >= 11 is 0. The van der Waals surface area contributed by atoms with Crippen LogP contribution in [-0.2, 0) is 0 Å². The SMILES string of the molecule is [C-]#[N+]CCCCCCCCCCCCCCCCCCCCCCC. The van der Waals surface area contributed by atoms with E-state index in [0.717, 1.165) is 13.0 Å². The summed E-state index contributed by atoms with van der Waals surface area (Å²) in [5, 5.41) is 0. The van der Waals surface area contributed by atoms with Crippen LogP contribution in [0.15, 0.2) is 0 Å². The minimum absolute atomic E-state index is 0.735. The van der Waals surface area contributed by atoms with Gasteiger partial charge in [-0.2, -0.15) is 0 Å². The maximum atomic E-state index is 6.74. The number of nitrogens with zero attached hydrogens (tertiary/aromatic N) is 1. The van der Waals surface area contributed by atoms with Crippen molar-refractivity contribution in [3.8, 4) is 0 Å². The molecular formula is C24H47N. The van der Waals surface area contributed by atoms with Crippen LogP contribution >= 0.6 is 0 Å². The van der Waals surface area contributed by atoms with Crippen LogP contribution in [0.25, 0.3) is 4.85 Å². The fraction of sp³-hybridized carbons (Fsp3) is 0.958. The standard InChI is InChI=1S/C24H47N/c1-3-4-5-6-7-8-9-10-11-12-13-14-15-16-17-18-19-20-21-22-23-24-25-2/h3-24H2,1H3. The van der Waals surface area contributed by atoms with Crippen molar-refractivity contribution < 1.29 is 0 Å². The van der Waals surface area contributed by atoms with Gasteiger partial charge in [0.2, 0.25) is 6.54 Å². The highest BCUT2D eigenvalue weighted by molar-refractivity contribution is 4.58. The minimum atomic E-state index is 0.735. The van der Waals surface area contributed by atoms with Crippen molar-refractivity contribution in [1.29, 1.82) is 0 Å². The first-order valence-corrected chi connectivity index (χ1v) is 11.7. The molecule has 0 aromatic rings. The van der Waals surface area contributed by atoms with E-state index in [9.17, 15) is 0 Å². The lowest BCUT2D eigenvalue weighted by atomic mass is 10.0. The summed E-state index contributed by atoms with van der Waals surface area (Å²) in [7, 11) is 0. The molecule has 0 saturated heterocycles. The number of hydrogen-bond donors (Lipinski definition) is 0. The van der Waals surface area contributed by atoms with Crippen LogP contribution in [0.5, 0.6) is 0 Å². The lowest BCUT2D eigenvalue weighted by molar-refractivity contribution is 0.521. The molecule has 0 rings (SSSR count). The average molecular weight is 350 g/mol. The van der Waals surface area contributed by atoms with Crippen molar-refractivity contribution in [2.75, 3.05) is 6.54 Å². The molecule has 0 aliphatic heterocycles. The second-order valence-electron chi connectivity index (χ2n) is 7.95. The van der Waals surface area contributed by atoms with Gasteiger partial charge in [-0.15, -0.1) is 0 Å². The van der Waals surface area contributed by atoms with Gasteiger partial charge in [-0.1, -0.05) is 129 Å². The summed E-state index contributed by atoms with van der Waals surface area (Å²) in [5.74, 6) is 0. The van der Waals surface area contributed by atoms with Crippen molar-refractivity contribution in [2.45, 2.75) is 142 Å². The van der Waals surface area contributed by atoms with Crippen LogP contribution in [0.4, 0.5) is 0 Å². The number of rotatable bonds is 21. The van der Waals surface area contributed by atoms with Crippen LogP contribution in [0.2, 0.25) is 0 Å². The Labute approximate surface area is 160 Å². The molecule has 1 nitrogen and oxygen atoms in total. The maximum Gasteiger partial charge on any atom is 0.214 e. The molecule has 0 atom stereocenters. The molecule has 0 amide bonds. The first kappa shape index (κ1) is 24.5. The quantitative estimate of drug-likeness (QED) is 0.144. The summed E-state index contributed by atoms with van der Waals surface area (Å²) in [6, 6.07) is 0. The highest BCUT2D eigenvalue weighted by Crippen LogP contribution is 2.14. The molecule has 1 heteroatoms. The molecule has 0 aromatic carbocycles. The summed E-state index contributed by atoms with van der Waals surface area (Å²) < 4.78 is 0. The fourth-order valence-electron chi connectivity index (χ4n) is 3.62. The average Bonchev–Trinajstić information content (AvgIpc) is 2.63. The van der Waals surface area contributed by atoms with E-state index >= 15 is 0 Å². The van der Waals surface area contributed by atoms with E-state index in [1.54, 1.807) is 0 Å². The Morgan fingerprint density at radius 2 is 0.640 bits per heavy atom. The number of hydrogen-bond acceptors (Lipinski definition) is 0. The number of unbranched alkanes of at least 4 members (excludes halogenated alkanes) is 20. The molecule has 0 N–H and O–H groups in total. The Kier molecular flexibility index (Phi) is 23.0. The third-order valence-electron chi connectivity index (χ3n) is 5.37. The Morgan fingerprint density at radius 3 is 0.880 bits per heavy atom. The predicted octanol–water partition coefficient (Wildman–Crippen LogP) is 9.12. The molecular weight excluding hydrogens is 302 g/mol. The molecule has 0 aliphatic carbocycles. The summed E-state index contributed by atoms with van der Waals surface area (Å²) in [5.41, 5.74) is 0. The first-order valence-electron chi connectivity index (χ1n) is 11.7. The topological polar surface area (TPSA) is 4.36 Å². The third kappa shape index (κ3) is 23.5. The van der Waals surface area contributed by atoms with E-state index < -0.39 is 0 Å². The van der Waals surface area contributed by atoms with Gasteiger partial charge in [0.05, 0.1) is 0 Å². The summed E-state index contributed by atoms with van der Waals surface area (Å²) in [6.07, 6.45) is 29.8. The van der Waals surface area contributed by atoms with E-state index in [4.69, 9.17) is 6.57 Å². The fourth-order valence-corrected chi connectivity index (χ4v) is 3.62. The summed E-state index contributed by atoms with van der Waals surface area (Å²) in [6.45, 7) is 9.77. The lowest BCUT2D eigenvalue weighted by Gasteiger charge is -2.04. The Hall–Kier alpha value is -0.510. The third-order valence-corrected chi connectivity index (χ3v) is 5.37. The normalized spacial score (nSPS) is 10.9. The Morgan fingerprint density at radius 1 is 0.400 bits per heavy atom. The smallest absolute Gasteiger partial charge is 0.214 e. The molecule has 148 valence electrons. The van der Waals surface area contributed by atoms with Crippen LogP contribution in [-0.4, -0.2) is 6.54 Å². The first-order chi connectivity index (χ1) is 12.4. The highest BCUT2D eigenvalue weighted by Gasteiger charge is 1.95. The molecule has 25 heavy (non-hydrogen) atoms. The van der Waals surface area contributed by atoms with Crippen LogP contribution in [0.3, 0.4) is 0 Å². The molecule has 0 spiro atoms. The van der Waals surface area contributed by atoms with Crippen LogP contribution in [0, 0.1) is 6.57 Å². The van der Waals surface area contributed by atoms with Gasteiger partial charge in [0.1, 0.15) is 0 Å². The highest BCUT2D eigenvalue weighted by atomic mass is 14.6. The molecule has 0 bridgehead atoms. The van der Waals surface area contributed by atoms with Gasteiger partial charge in [-0.3, -0.25) is 0 Å². The largest absolute Gasteiger partial charge is 0.317 e. The molecule has 0 unspecified atom stereocenters. The maximum absolute atomic E-state index is 6.74. The molecule has 0 aliphatic rings. The van der Waals surface area contributed by atoms with Gasteiger partial charge in [0.25, 0.3) is 0 Å². The molecule has 0 aromatic heterocycles. The second-order valence-corrected chi connectivity index (χ2v) is 7.95. The van der Waals surface area contributed by atoms with Crippen LogP contribution in [0.1, 0.15) is 142 Å². The molecule has 0 saturated carbocycles. The van der Waals surface area contributed by atoms with Gasteiger partial charge in [0, 0.05) is 6.42 Å². The second kappa shape index (κ2) is 23.5. The van der Waals surface area contributed by atoms with E-state index in [-0.39, 0.29) is 0 Å². The monoisotopic (exact) mass is 349 g/mol. The van der Waals surface area contributed by atoms with E-state index in [2.05, 4.69) is 11.8 Å². The van der Waals surface area contributed by atoms with Gasteiger partial charge in [-0.05, 0) is 6.42 Å². The van der Waals surface area contributed by atoms with Crippen molar-refractivity contribution in [3.63, 3.8) is 0 Å². The van der Waals surface area contributed by atoms with Crippen LogP contribution < -0.4 is 0 Å². The molecule has 0 heterocycles. The molecule has 0 fully saturated rings. The van der Waals surface area contributed by atoms with E-state index in [1.807, 2.05) is 0 Å². The summed E-state index contributed by atoms with van der Waals surface area (Å²) in [4.78, 5) is 3.41. The zero-order chi connectivity index (χ0) is 18.3. The van der Waals surface area contributed by atoms with E-state index in [0.29, 0.717) is 0 Å². The predicted molar refractivity (Wildman–Crippen MR) is 114 cm³/mol. The van der Waals surface area contributed by atoms with Gasteiger partial charge in [-0.25, -0.2) is 6.57 Å². The lowest BCUT2D eigenvalue weighted by Crippen LogP contribution is -1.84. The minimum Gasteiger partial charge on any atom is -0.317 e. The van der Waals surface area contributed by atoms with Gasteiger partial charge >= 0.3 is 0 Å². The van der Waals surface area contributed by atoms with Gasteiger partial charge < -0.3 is 4.85 Å². The zero-order valence-corrected chi connectivity index (χ0v) is 17.5. The van der Waals surface area contributed by atoms with E-state index in [1.165, 1.54) is 128 Å². The molecule has 0 radical (unpaired) electrons.